The molecule has 0 aliphatic carbocycles. The monoisotopic (exact) mass is 374 g/mol. The first-order valence-corrected chi connectivity index (χ1v) is 7.66. The van der Waals surface area contributed by atoms with Crippen LogP contribution in [0.1, 0.15) is 16.1 Å². The molecular weight excluding hydrogens is 351 g/mol. The number of amides is 1. The van der Waals surface area contributed by atoms with Gasteiger partial charge in [0.2, 0.25) is 0 Å². The Kier molecular flexibility index (Phi) is 7.89. The van der Waals surface area contributed by atoms with Crippen LogP contribution in [0.2, 0.25) is 0 Å². The van der Waals surface area contributed by atoms with E-state index >= 15 is 0 Å². The summed E-state index contributed by atoms with van der Waals surface area (Å²) in [5, 5.41) is 11.5. The number of halogens is 2. The lowest BCUT2D eigenvalue weighted by atomic mass is 10.2. The molecule has 0 spiro atoms. The number of hydrogen-bond acceptors (Lipinski definition) is 5. The highest BCUT2D eigenvalue weighted by Crippen LogP contribution is 2.16. The van der Waals surface area contributed by atoms with Crippen molar-refractivity contribution in [3.8, 4) is 0 Å². The summed E-state index contributed by atoms with van der Waals surface area (Å²) in [4.78, 5) is 18.9. The van der Waals surface area contributed by atoms with E-state index in [9.17, 15) is 4.79 Å². The first kappa shape index (κ1) is 20.6. The number of carbonyl (C=O) groups is 1. The van der Waals surface area contributed by atoms with E-state index in [0.29, 0.717) is 12.1 Å². The van der Waals surface area contributed by atoms with E-state index in [1.165, 1.54) is 0 Å². The Hall–Kier alpha value is -1.41. The summed E-state index contributed by atoms with van der Waals surface area (Å²) in [5.74, 6) is -0.0761. The molecule has 2 aromatic heterocycles. The quantitative estimate of drug-likeness (QED) is 0.825. The molecule has 0 aromatic carbocycles. The molecule has 0 bridgehead atoms. The second kappa shape index (κ2) is 9.17. The van der Waals surface area contributed by atoms with Gasteiger partial charge < -0.3 is 10.6 Å². The SMILES string of the molecule is Cc1nn(C)c2ncc(C(=O)NCCN3CCNCC3)cc12.Cl.Cl. The molecule has 0 saturated carbocycles. The molecule has 134 valence electrons. The number of piperazine rings is 1. The highest BCUT2D eigenvalue weighted by molar-refractivity contribution is 5.97. The fourth-order valence-electron chi connectivity index (χ4n) is 2.80. The summed E-state index contributed by atoms with van der Waals surface area (Å²) in [7, 11) is 1.86. The van der Waals surface area contributed by atoms with E-state index in [1.54, 1.807) is 10.9 Å². The number of aromatic nitrogens is 3. The number of nitrogens with zero attached hydrogens (tertiary/aromatic N) is 4. The van der Waals surface area contributed by atoms with Gasteiger partial charge in [0, 0.05) is 57.9 Å². The average molecular weight is 375 g/mol. The van der Waals surface area contributed by atoms with Crippen LogP contribution in [0.5, 0.6) is 0 Å². The third-order valence-electron chi connectivity index (χ3n) is 4.05. The maximum Gasteiger partial charge on any atom is 0.252 e. The van der Waals surface area contributed by atoms with Crippen molar-refractivity contribution in [1.29, 1.82) is 0 Å². The van der Waals surface area contributed by atoms with Crippen molar-refractivity contribution in [2.24, 2.45) is 7.05 Å². The molecule has 24 heavy (non-hydrogen) atoms. The molecule has 1 fully saturated rings. The lowest BCUT2D eigenvalue weighted by Gasteiger charge is -2.27. The van der Waals surface area contributed by atoms with Crippen LogP contribution in [0.4, 0.5) is 0 Å². The predicted octanol–water partition coefficient (Wildman–Crippen LogP) is 0.755. The summed E-state index contributed by atoms with van der Waals surface area (Å²) in [6, 6.07) is 1.87. The van der Waals surface area contributed by atoms with Gasteiger partial charge in [0.05, 0.1) is 11.3 Å². The fraction of sp³-hybridized carbons (Fsp3) is 0.533. The second-order valence-corrected chi connectivity index (χ2v) is 5.65. The third-order valence-corrected chi connectivity index (χ3v) is 4.05. The summed E-state index contributed by atoms with van der Waals surface area (Å²) in [5.41, 5.74) is 2.28. The number of carbonyl (C=O) groups excluding carboxylic acids is 1. The molecule has 1 saturated heterocycles. The standard InChI is InChI=1S/C15H22N6O.2ClH/c1-11-13-9-12(10-18-14(13)20(2)19-11)15(22)17-5-8-21-6-3-16-4-7-21;;/h9-10,16H,3-8H2,1-2H3,(H,17,22);2*1H. The Labute approximate surface area is 154 Å². The van der Waals surface area contributed by atoms with Gasteiger partial charge in [-0.05, 0) is 13.0 Å². The molecule has 9 heteroatoms. The topological polar surface area (TPSA) is 75.1 Å². The molecule has 7 nitrogen and oxygen atoms in total. The number of hydrogen-bond donors (Lipinski definition) is 2. The maximum absolute atomic E-state index is 12.2. The lowest BCUT2D eigenvalue weighted by molar-refractivity contribution is 0.0947. The van der Waals surface area contributed by atoms with E-state index in [1.807, 2.05) is 20.0 Å². The normalized spacial score (nSPS) is 14.8. The summed E-state index contributed by atoms with van der Waals surface area (Å²) in [6.45, 7) is 7.59. The average Bonchev–Trinajstić information content (AvgIpc) is 2.82. The van der Waals surface area contributed by atoms with Gasteiger partial charge in [-0.2, -0.15) is 5.10 Å². The predicted molar refractivity (Wildman–Crippen MR) is 99.4 cm³/mol. The first-order chi connectivity index (χ1) is 10.6. The number of aryl methyl sites for hydroxylation is 2. The van der Waals surface area contributed by atoms with Crippen molar-refractivity contribution in [1.82, 2.24) is 30.3 Å². The van der Waals surface area contributed by atoms with Crippen molar-refractivity contribution in [3.63, 3.8) is 0 Å². The van der Waals surface area contributed by atoms with E-state index in [-0.39, 0.29) is 30.7 Å². The van der Waals surface area contributed by atoms with Crippen molar-refractivity contribution in [3.05, 3.63) is 23.5 Å². The number of pyridine rings is 1. The van der Waals surface area contributed by atoms with Gasteiger partial charge >= 0.3 is 0 Å². The van der Waals surface area contributed by atoms with Gasteiger partial charge in [0.15, 0.2) is 5.65 Å². The zero-order chi connectivity index (χ0) is 15.5. The molecule has 1 amide bonds. The van der Waals surface area contributed by atoms with Crippen LogP contribution in [-0.4, -0.2) is 64.8 Å². The fourth-order valence-corrected chi connectivity index (χ4v) is 2.80. The number of fused-ring (bicyclic) bond motifs is 1. The minimum Gasteiger partial charge on any atom is -0.351 e. The largest absolute Gasteiger partial charge is 0.351 e. The van der Waals surface area contributed by atoms with Crippen LogP contribution in [0.25, 0.3) is 11.0 Å². The van der Waals surface area contributed by atoms with Gasteiger partial charge in [0.25, 0.3) is 5.91 Å². The molecule has 2 N–H and O–H groups in total. The van der Waals surface area contributed by atoms with Crippen molar-refractivity contribution in [2.75, 3.05) is 39.3 Å². The third kappa shape index (κ3) is 4.57. The van der Waals surface area contributed by atoms with Crippen LogP contribution < -0.4 is 10.6 Å². The van der Waals surface area contributed by atoms with Gasteiger partial charge in [0.1, 0.15) is 0 Å². The van der Waals surface area contributed by atoms with Gasteiger partial charge in [-0.15, -0.1) is 24.8 Å². The second-order valence-electron chi connectivity index (χ2n) is 5.65. The molecule has 0 radical (unpaired) electrons. The number of rotatable bonds is 4. The Bertz CT molecular complexity index is 684. The maximum atomic E-state index is 12.2. The van der Waals surface area contributed by atoms with Crippen LogP contribution in [0.15, 0.2) is 12.3 Å². The van der Waals surface area contributed by atoms with Crippen molar-refractivity contribution in [2.45, 2.75) is 6.92 Å². The Morgan fingerprint density at radius 2 is 2.04 bits per heavy atom. The van der Waals surface area contributed by atoms with Gasteiger partial charge in [-0.1, -0.05) is 0 Å². The molecule has 0 unspecified atom stereocenters. The molecule has 0 atom stereocenters. The van der Waals surface area contributed by atoms with Gasteiger partial charge in [-0.3, -0.25) is 14.4 Å². The highest BCUT2D eigenvalue weighted by Gasteiger charge is 2.13. The van der Waals surface area contributed by atoms with Crippen molar-refractivity contribution < 1.29 is 4.79 Å². The summed E-state index contributed by atoms with van der Waals surface area (Å²) in [6.07, 6.45) is 1.61. The van der Waals surface area contributed by atoms with E-state index < -0.39 is 0 Å². The minimum atomic E-state index is -0.0761. The molecule has 3 heterocycles. The molecular formula is C15H24Cl2N6O. The van der Waals surface area contributed by atoms with Crippen LogP contribution in [0, 0.1) is 6.92 Å². The van der Waals surface area contributed by atoms with E-state index in [4.69, 9.17) is 0 Å². The van der Waals surface area contributed by atoms with Crippen LogP contribution >= 0.6 is 24.8 Å². The lowest BCUT2D eigenvalue weighted by Crippen LogP contribution is -2.46. The smallest absolute Gasteiger partial charge is 0.252 e. The zero-order valence-electron chi connectivity index (χ0n) is 13.9. The molecule has 2 aromatic rings. The van der Waals surface area contributed by atoms with Crippen LogP contribution in [-0.2, 0) is 7.05 Å². The summed E-state index contributed by atoms with van der Waals surface area (Å²) < 4.78 is 1.73. The van der Waals surface area contributed by atoms with E-state index in [2.05, 4.69) is 25.6 Å². The Balaban J connectivity index is 0.00000144. The zero-order valence-corrected chi connectivity index (χ0v) is 15.5. The van der Waals surface area contributed by atoms with Gasteiger partial charge in [-0.25, -0.2) is 4.98 Å². The number of nitrogens with one attached hydrogen (secondary N) is 2. The Morgan fingerprint density at radius 1 is 1.33 bits per heavy atom. The highest BCUT2D eigenvalue weighted by atomic mass is 35.5. The first-order valence-electron chi connectivity index (χ1n) is 7.66. The van der Waals surface area contributed by atoms with Crippen molar-refractivity contribution >= 4 is 41.8 Å². The minimum absolute atomic E-state index is 0. The Morgan fingerprint density at radius 3 is 2.75 bits per heavy atom. The molecule has 3 rings (SSSR count). The molecule has 1 aliphatic rings. The van der Waals surface area contributed by atoms with E-state index in [0.717, 1.165) is 49.5 Å². The van der Waals surface area contributed by atoms with Crippen LogP contribution in [0.3, 0.4) is 0 Å². The summed E-state index contributed by atoms with van der Waals surface area (Å²) >= 11 is 0. The molecule has 1 aliphatic heterocycles.